The van der Waals surface area contributed by atoms with Crippen molar-refractivity contribution in [1.29, 1.82) is 0 Å². The molecular formula is C24H34N4. The standard InChI is InChI=1S/C24H34N4/c1-2-3-4-5-6-7-8-9-16-21-24-25-27(22-17-12-10-13-18-22)28(26-24)23-19-14-11-15-20-23/h10-15,17-20H,2-9,16,21H2,1H3,(H,25,26). The number of unbranched alkanes of at least 4 members (excludes halogenated alkanes) is 8. The van der Waals surface area contributed by atoms with Crippen LogP contribution in [0.1, 0.15) is 71.1 Å². The molecule has 0 spiro atoms. The maximum Gasteiger partial charge on any atom is 0.145 e. The molecule has 0 fully saturated rings. The molecule has 0 bridgehead atoms. The summed E-state index contributed by atoms with van der Waals surface area (Å²) in [6.07, 6.45) is 13.1. The Hall–Kier alpha value is -2.49. The van der Waals surface area contributed by atoms with E-state index in [0.29, 0.717) is 0 Å². The largest absolute Gasteiger partial charge is 0.263 e. The molecule has 0 radical (unpaired) electrons. The summed E-state index contributed by atoms with van der Waals surface area (Å²) in [4.78, 5) is 0. The van der Waals surface area contributed by atoms with Crippen LogP contribution in [0.4, 0.5) is 11.4 Å². The third-order valence-corrected chi connectivity index (χ3v) is 5.14. The number of hydrazine groups is 2. The van der Waals surface area contributed by atoms with Crippen LogP contribution in [0.2, 0.25) is 0 Å². The number of hydrogen-bond donors (Lipinski definition) is 1. The fourth-order valence-corrected chi connectivity index (χ4v) is 3.54. The number of rotatable bonds is 12. The summed E-state index contributed by atoms with van der Waals surface area (Å²) >= 11 is 0. The van der Waals surface area contributed by atoms with Crippen LogP contribution in [0.15, 0.2) is 65.8 Å². The second-order valence-corrected chi connectivity index (χ2v) is 7.51. The molecule has 0 saturated carbocycles. The van der Waals surface area contributed by atoms with Crippen molar-refractivity contribution >= 4 is 17.2 Å². The molecule has 0 saturated heterocycles. The molecule has 1 aliphatic heterocycles. The van der Waals surface area contributed by atoms with E-state index in [0.717, 1.165) is 23.6 Å². The van der Waals surface area contributed by atoms with Gasteiger partial charge in [-0.05, 0) is 30.7 Å². The van der Waals surface area contributed by atoms with Gasteiger partial charge in [-0.3, -0.25) is 5.43 Å². The first kappa shape index (κ1) is 20.2. The lowest BCUT2D eigenvalue weighted by atomic mass is 10.1. The number of nitrogens with zero attached hydrogens (tertiary/aromatic N) is 3. The Morgan fingerprint density at radius 1 is 0.679 bits per heavy atom. The van der Waals surface area contributed by atoms with Gasteiger partial charge in [-0.15, -0.1) is 5.10 Å². The maximum absolute atomic E-state index is 4.85. The lowest BCUT2D eigenvalue weighted by Gasteiger charge is -2.27. The van der Waals surface area contributed by atoms with Crippen molar-refractivity contribution in [2.45, 2.75) is 71.1 Å². The first-order chi connectivity index (χ1) is 13.9. The van der Waals surface area contributed by atoms with Crippen LogP contribution >= 0.6 is 0 Å². The van der Waals surface area contributed by atoms with E-state index < -0.39 is 0 Å². The Labute approximate surface area is 170 Å². The Morgan fingerprint density at radius 2 is 1.21 bits per heavy atom. The van der Waals surface area contributed by atoms with Crippen LogP contribution < -0.4 is 15.7 Å². The molecule has 0 amide bonds. The second kappa shape index (κ2) is 11.4. The van der Waals surface area contributed by atoms with E-state index in [1.54, 1.807) is 0 Å². The summed E-state index contributed by atoms with van der Waals surface area (Å²) in [7, 11) is 0. The van der Waals surface area contributed by atoms with E-state index in [9.17, 15) is 0 Å². The molecule has 0 atom stereocenters. The number of nitrogens with one attached hydrogen (secondary N) is 1. The van der Waals surface area contributed by atoms with Gasteiger partial charge in [0.15, 0.2) is 0 Å². The summed E-state index contributed by atoms with van der Waals surface area (Å²) in [5.41, 5.74) is 5.63. The predicted octanol–water partition coefficient (Wildman–Crippen LogP) is 6.67. The normalized spacial score (nSPS) is 13.5. The third kappa shape index (κ3) is 6.01. The van der Waals surface area contributed by atoms with Gasteiger partial charge in [-0.2, -0.15) is 10.2 Å². The van der Waals surface area contributed by atoms with Crippen molar-refractivity contribution < 1.29 is 0 Å². The molecule has 1 N–H and O–H groups in total. The highest BCUT2D eigenvalue weighted by Gasteiger charge is 2.24. The van der Waals surface area contributed by atoms with Crippen molar-refractivity contribution in [2.24, 2.45) is 5.10 Å². The van der Waals surface area contributed by atoms with Gasteiger partial charge in [0.1, 0.15) is 5.84 Å². The van der Waals surface area contributed by atoms with Crippen LogP contribution in [-0.2, 0) is 0 Å². The second-order valence-electron chi connectivity index (χ2n) is 7.51. The number of hydrazone groups is 1. The molecule has 4 nitrogen and oxygen atoms in total. The van der Waals surface area contributed by atoms with E-state index >= 15 is 0 Å². The van der Waals surface area contributed by atoms with E-state index in [1.165, 1.54) is 57.8 Å². The van der Waals surface area contributed by atoms with Crippen molar-refractivity contribution in [3.8, 4) is 0 Å². The number of para-hydroxylation sites is 2. The number of amidine groups is 1. The van der Waals surface area contributed by atoms with Crippen molar-refractivity contribution in [1.82, 2.24) is 5.43 Å². The zero-order valence-electron chi connectivity index (χ0n) is 17.2. The molecule has 3 rings (SSSR count). The van der Waals surface area contributed by atoms with E-state index in [4.69, 9.17) is 5.10 Å². The van der Waals surface area contributed by atoms with Gasteiger partial charge < -0.3 is 0 Å². The Kier molecular flexibility index (Phi) is 8.23. The molecule has 1 heterocycles. The minimum Gasteiger partial charge on any atom is -0.263 e. The number of benzene rings is 2. The molecule has 2 aromatic carbocycles. The van der Waals surface area contributed by atoms with Gasteiger partial charge in [-0.1, -0.05) is 94.7 Å². The molecule has 0 unspecified atom stereocenters. The highest BCUT2D eigenvalue weighted by Crippen LogP contribution is 2.25. The van der Waals surface area contributed by atoms with Crippen LogP contribution in [0.5, 0.6) is 0 Å². The van der Waals surface area contributed by atoms with Gasteiger partial charge in [0.2, 0.25) is 0 Å². The summed E-state index contributed by atoms with van der Waals surface area (Å²) in [5, 5.41) is 8.83. The summed E-state index contributed by atoms with van der Waals surface area (Å²) in [6.45, 7) is 2.28. The summed E-state index contributed by atoms with van der Waals surface area (Å²) < 4.78 is 0. The highest BCUT2D eigenvalue weighted by atomic mass is 15.9. The van der Waals surface area contributed by atoms with Crippen LogP contribution in [0, 0.1) is 0 Å². The molecule has 150 valence electrons. The van der Waals surface area contributed by atoms with Gasteiger partial charge in [0, 0.05) is 6.42 Å². The topological polar surface area (TPSA) is 30.9 Å². The maximum atomic E-state index is 4.85. The van der Waals surface area contributed by atoms with Gasteiger partial charge in [0.25, 0.3) is 0 Å². The van der Waals surface area contributed by atoms with Crippen molar-refractivity contribution in [3.63, 3.8) is 0 Å². The molecule has 2 aromatic rings. The average molecular weight is 379 g/mol. The fraction of sp³-hybridized carbons (Fsp3) is 0.458. The fourth-order valence-electron chi connectivity index (χ4n) is 3.54. The van der Waals surface area contributed by atoms with E-state index in [1.807, 2.05) is 34.5 Å². The van der Waals surface area contributed by atoms with Crippen LogP contribution in [0.3, 0.4) is 0 Å². The Morgan fingerprint density at radius 3 is 1.82 bits per heavy atom. The molecule has 1 aliphatic rings. The van der Waals surface area contributed by atoms with Crippen LogP contribution in [-0.4, -0.2) is 5.84 Å². The third-order valence-electron chi connectivity index (χ3n) is 5.14. The number of hydrogen-bond acceptors (Lipinski definition) is 4. The van der Waals surface area contributed by atoms with Crippen LogP contribution in [0.25, 0.3) is 0 Å². The average Bonchev–Trinajstić information content (AvgIpc) is 3.18. The van der Waals surface area contributed by atoms with Gasteiger partial charge in [-0.25, -0.2) is 0 Å². The smallest absolute Gasteiger partial charge is 0.145 e. The lowest BCUT2D eigenvalue weighted by Crippen LogP contribution is -2.44. The van der Waals surface area contributed by atoms with Crippen molar-refractivity contribution in [3.05, 3.63) is 60.7 Å². The summed E-state index contributed by atoms with van der Waals surface area (Å²) in [5.74, 6) is 1.04. The van der Waals surface area contributed by atoms with Gasteiger partial charge >= 0.3 is 0 Å². The zero-order valence-corrected chi connectivity index (χ0v) is 17.2. The first-order valence-corrected chi connectivity index (χ1v) is 10.9. The minimum absolute atomic E-state index is 0.989. The minimum atomic E-state index is 0.989. The molecule has 0 aromatic heterocycles. The SMILES string of the molecule is CCCCCCCCCCCC1=NN(c2ccccc2)N(c2ccccc2)N1. The van der Waals surface area contributed by atoms with E-state index in [2.05, 4.69) is 48.7 Å². The zero-order chi connectivity index (χ0) is 19.4. The monoisotopic (exact) mass is 378 g/mol. The Bertz CT molecular complexity index is 699. The summed E-state index contributed by atoms with van der Waals surface area (Å²) in [6, 6.07) is 20.6. The molecule has 0 aliphatic carbocycles. The first-order valence-electron chi connectivity index (χ1n) is 10.9. The molecule has 4 heteroatoms. The van der Waals surface area contributed by atoms with E-state index in [-0.39, 0.29) is 0 Å². The predicted molar refractivity (Wildman–Crippen MR) is 120 cm³/mol. The lowest BCUT2D eigenvalue weighted by molar-refractivity contribution is 0.567. The van der Waals surface area contributed by atoms with Gasteiger partial charge in [0.05, 0.1) is 11.4 Å². The number of anilines is 2. The highest BCUT2D eigenvalue weighted by molar-refractivity contribution is 5.88. The van der Waals surface area contributed by atoms with Crippen molar-refractivity contribution in [2.75, 3.05) is 10.2 Å². The Balaban J connectivity index is 1.48. The molecule has 28 heavy (non-hydrogen) atoms. The quantitative estimate of drug-likeness (QED) is 0.419. The molecular weight excluding hydrogens is 344 g/mol.